The number of hydrogen-bond acceptors (Lipinski definition) is 5. The Balaban J connectivity index is 1.78. The van der Waals surface area contributed by atoms with Crippen molar-refractivity contribution in [2.75, 3.05) is 0 Å². The average molecular weight is 378 g/mol. The average Bonchev–Trinajstić information content (AvgIpc) is 2.82. The number of nitrogens with zero attached hydrogens (tertiary/aromatic N) is 1. The molecule has 9 heteroatoms. The van der Waals surface area contributed by atoms with Crippen molar-refractivity contribution in [3.63, 3.8) is 0 Å². The maximum absolute atomic E-state index is 12.5. The molecule has 0 aromatic heterocycles. The molecule has 4 atom stereocenters. The van der Waals surface area contributed by atoms with Crippen molar-refractivity contribution in [3.8, 4) is 0 Å². The largest absolute Gasteiger partial charge is 0.480 e. The van der Waals surface area contributed by atoms with Gasteiger partial charge in [-0.25, -0.2) is 4.79 Å². The molecule has 0 saturated carbocycles. The first-order valence-corrected chi connectivity index (χ1v) is 8.84. The van der Waals surface area contributed by atoms with Gasteiger partial charge in [0.25, 0.3) is 0 Å². The standard InChI is InChI=1S/C17H18N2O6S/c1-17(2)11(16(24)25)19-13(21)10(14(19)26-17)18-12(20)9(15(22)23)8-6-4-3-5-7-8/h3-7,9-11,14H,1-2H3,(H,18,20)(H,22,23)(H,24,25)/t9-,10+,11+,14-/m0/s1. The van der Waals surface area contributed by atoms with Crippen molar-refractivity contribution in [2.24, 2.45) is 0 Å². The first kappa shape index (κ1) is 18.2. The van der Waals surface area contributed by atoms with E-state index in [1.807, 2.05) is 0 Å². The van der Waals surface area contributed by atoms with E-state index < -0.39 is 51.9 Å². The molecule has 3 N–H and O–H groups in total. The number of rotatable bonds is 5. The van der Waals surface area contributed by atoms with E-state index in [4.69, 9.17) is 0 Å². The highest BCUT2D eigenvalue weighted by molar-refractivity contribution is 8.01. The molecule has 0 aliphatic carbocycles. The fourth-order valence-electron chi connectivity index (χ4n) is 3.43. The summed E-state index contributed by atoms with van der Waals surface area (Å²) in [5.74, 6) is -5.16. The number of β-lactam (4-membered cyclic amide) rings is 1. The van der Waals surface area contributed by atoms with E-state index in [1.54, 1.807) is 32.0 Å². The van der Waals surface area contributed by atoms with Crippen molar-refractivity contribution in [1.82, 2.24) is 10.2 Å². The van der Waals surface area contributed by atoms with Crippen LogP contribution in [0.3, 0.4) is 0 Å². The highest BCUT2D eigenvalue weighted by atomic mass is 32.2. The SMILES string of the molecule is CC1(C)S[C@H]2[C@H](NC(=O)[C@@H](C(=O)O)c3ccccc3)C(=O)N2[C@@H]1C(=O)O. The third-order valence-corrected chi connectivity index (χ3v) is 6.19. The van der Waals surface area contributed by atoms with Crippen molar-refractivity contribution in [1.29, 1.82) is 0 Å². The van der Waals surface area contributed by atoms with Gasteiger partial charge in [-0.3, -0.25) is 14.4 Å². The molecule has 1 aromatic rings. The molecule has 2 fully saturated rings. The summed E-state index contributed by atoms with van der Waals surface area (Å²) in [7, 11) is 0. The van der Waals surface area contributed by atoms with Gasteiger partial charge in [0.1, 0.15) is 17.5 Å². The molecule has 26 heavy (non-hydrogen) atoms. The number of carbonyl (C=O) groups excluding carboxylic acids is 2. The molecule has 3 rings (SSSR count). The highest BCUT2D eigenvalue weighted by Gasteiger charge is 2.64. The first-order valence-electron chi connectivity index (χ1n) is 7.96. The molecule has 2 aliphatic heterocycles. The number of thioether (sulfide) groups is 1. The monoisotopic (exact) mass is 378 g/mol. The number of aliphatic carboxylic acids is 2. The first-order chi connectivity index (χ1) is 12.1. The van der Waals surface area contributed by atoms with Gasteiger partial charge in [-0.1, -0.05) is 30.3 Å². The molecular formula is C17H18N2O6S. The second-order valence-corrected chi connectivity index (χ2v) is 8.54. The second-order valence-electron chi connectivity index (χ2n) is 6.77. The topological polar surface area (TPSA) is 124 Å². The molecule has 0 radical (unpaired) electrons. The number of hydrogen-bond donors (Lipinski definition) is 3. The maximum atomic E-state index is 12.5. The van der Waals surface area contributed by atoms with Gasteiger partial charge in [0.2, 0.25) is 11.8 Å². The minimum absolute atomic E-state index is 0.309. The lowest BCUT2D eigenvalue weighted by molar-refractivity contribution is -0.161. The Hall–Kier alpha value is -2.55. The third kappa shape index (κ3) is 2.82. The summed E-state index contributed by atoms with van der Waals surface area (Å²) in [4.78, 5) is 49.2. The lowest BCUT2D eigenvalue weighted by Gasteiger charge is -2.43. The lowest BCUT2D eigenvalue weighted by Crippen LogP contribution is -2.71. The second kappa shape index (κ2) is 6.31. The molecule has 0 unspecified atom stereocenters. The van der Waals surface area contributed by atoms with E-state index >= 15 is 0 Å². The predicted molar refractivity (Wildman–Crippen MR) is 92.5 cm³/mol. The molecule has 2 aliphatic rings. The van der Waals surface area contributed by atoms with Gasteiger partial charge < -0.3 is 20.4 Å². The Bertz CT molecular complexity index is 781. The van der Waals surface area contributed by atoms with Crippen LogP contribution >= 0.6 is 11.8 Å². The van der Waals surface area contributed by atoms with E-state index in [9.17, 15) is 29.4 Å². The van der Waals surface area contributed by atoms with Crippen molar-refractivity contribution >= 4 is 35.5 Å². The van der Waals surface area contributed by atoms with E-state index in [0.717, 1.165) is 0 Å². The molecule has 0 bridgehead atoms. The van der Waals surface area contributed by atoms with Crippen LogP contribution in [-0.4, -0.2) is 61.1 Å². The van der Waals surface area contributed by atoms with Crippen LogP contribution < -0.4 is 5.32 Å². The van der Waals surface area contributed by atoms with Crippen LogP contribution in [0, 0.1) is 0 Å². The molecule has 1 aromatic carbocycles. The molecule has 138 valence electrons. The number of nitrogens with one attached hydrogen (secondary N) is 1. The maximum Gasteiger partial charge on any atom is 0.327 e. The Morgan fingerprint density at radius 1 is 1.19 bits per heavy atom. The smallest absolute Gasteiger partial charge is 0.327 e. The zero-order valence-electron chi connectivity index (χ0n) is 14.1. The van der Waals surface area contributed by atoms with Gasteiger partial charge in [-0.15, -0.1) is 11.8 Å². The number of amides is 2. The fourth-order valence-corrected chi connectivity index (χ4v) is 5.06. The van der Waals surface area contributed by atoms with Crippen molar-refractivity contribution in [3.05, 3.63) is 35.9 Å². The van der Waals surface area contributed by atoms with Crippen molar-refractivity contribution in [2.45, 2.75) is 42.0 Å². The highest BCUT2D eigenvalue weighted by Crippen LogP contribution is 2.50. The Morgan fingerprint density at radius 2 is 1.81 bits per heavy atom. The Labute approximate surface area is 153 Å². The van der Waals surface area contributed by atoms with Gasteiger partial charge in [0, 0.05) is 4.75 Å². The predicted octanol–water partition coefficient (Wildman–Crippen LogP) is 0.486. The van der Waals surface area contributed by atoms with Crippen LogP contribution in [0.1, 0.15) is 25.3 Å². The van der Waals surface area contributed by atoms with E-state index in [2.05, 4.69) is 5.32 Å². The summed E-state index contributed by atoms with van der Waals surface area (Å²) in [6.07, 6.45) is 0. The van der Waals surface area contributed by atoms with Crippen LogP contribution in [0.25, 0.3) is 0 Å². The van der Waals surface area contributed by atoms with Crippen molar-refractivity contribution < 1.29 is 29.4 Å². The van der Waals surface area contributed by atoms with Crippen LogP contribution in [-0.2, 0) is 19.2 Å². The summed E-state index contributed by atoms with van der Waals surface area (Å²) in [6.45, 7) is 3.45. The third-order valence-electron chi connectivity index (χ3n) is 4.61. The van der Waals surface area contributed by atoms with Crippen LogP contribution in [0.5, 0.6) is 0 Å². The van der Waals surface area contributed by atoms with Gasteiger partial charge >= 0.3 is 11.9 Å². The van der Waals surface area contributed by atoms with Gasteiger partial charge in [-0.2, -0.15) is 0 Å². The van der Waals surface area contributed by atoms with Gasteiger partial charge in [0.05, 0.1) is 0 Å². The minimum Gasteiger partial charge on any atom is -0.480 e. The molecule has 2 amide bonds. The zero-order valence-corrected chi connectivity index (χ0v) is 14.9. The number of carboxylic acids is 2. The minimum atomic E-state index is -1.44. The quantitative estimate of drug-likeness (QED) is 0.503. The van der Waals surface area contributed by atoms with Crippen LogP contribution in [0.4, 0.5) is 0 Å². The zero-order chi connectivity index (χ0) is 19.2. The van der Waals surface area contributed by atoms with Crippen LogP contribution in [0.2, 0.25) is 0 Å². The molecular weight excluding hydrogens is 360 g/mol. The number of benzene rings is 1. The van der Waals surface area contributed by atoms with Gasteiger partial charge in [-0.05, 0) is 19.4 Å². The van der Waals surface area contributed by atoms with Crippen LogP contribution in [0.15, 0.2) is 30.3 Å². The summed E-state index contributed by atoms with van der Waals surface area (Å²) in [5, 5.41) is 20.8. The summed E-state index contributed by atoms with van der Waals surface area (Å²) < 4.78 is -0.711. The van der Waals surface area contributed by atoms with E-state index in [-0.39, 0.29) is 0 Å². The number of fused-ring (bicyclic) bond motifs is 1. The Morgan fingerprint density at radius 3 is 2.35 bits per heavy atom. The number of carbonyl (C=O) groups is 4. The molecule has 2 saturated heterocycles. The summed E-state index contributed by atoms with van der Waals surface area (Å²) in [6, 6.07) is 6.10. The van der Waals surface area contributed by atoms with E-state index in [1.165, 1.54) is 28.8 Å². The summed E-state index contributed by atoms with van der Waals surface area (Å²) >= 11 is 1.29. The number of carboxylic acid groups (broad SMARTS) is 2. The Kier molecular flexibility index (Phi) is 4.43. The molecule has 2 heterocycles. The normalized spacial score (nSPS) is 27.2. The molecule has 0 spiro atoms. The molecule has 8 nitrogen and oxygen atoms in total. The van der Waals surface area contributed by atoms with Gasteiger partial charge in [0.15, 0.2) is 5.92 Å². The van der Waals surface area contributed by atoms with E-state index in [0.29, 0.717) is 5.56 Å². The fraction of sp³-hybridized carbons (Fsp3) is 0.412. The lowest BCUT2D eigenvalue weighted by atomic mass is 9.94. The summed E-state index contributed by atoms with van der Waals surface area (Å²) in [5.41, 5.74) is 0.309.